The van der Waals surface area contributed by atoms with Crippen molar-refractivity contribution >= 4 is 17.7 Å². The molecule has 0 atom stereocenters. The van der Waals surface area contributed by atoms with Crippen LogP contribution < -0.4 is 9.47 Å². The zero-order valence-corrected chi connectivity index (χ0v) is 19.2. The summed E-state index contributed by atoms with van der Waals surface area (Å²) in [5.74, 6) is 0.369. The molecule has 1 saturated heterocycles. The molecule has 1 fully saturated rings. The molecule has 2 heterocycles. The Balaban J connectivity index is 2.01. The first-order valence-electron chi connectivity index (χ1n) is 10.0. The van der Waals surface area contributed by atoms with Crippen molar-refractivity contribution in [2.24, 2.45) is 0 Å². The molecular formula is C22H23F3N4O3S. The molecule has 0 unspecified atom stereocenters. The third kappa shape index (κ3) is 5.69. The molecule has 1 amide bonds. The summed E-state index contributed by atoms with van der Waals surface area (Å²) < 4.78 is 52.0. The van der Waals surface area contributed by atoms with Gasteiger partial charge in [-0.05, 0) is 31.3 Å². The van der Waals surface area contributed by atoms with Crippen LogP contribution in [0.3, 0.4) is 0 Å². The van der Waals surface area contributed by atoms with E-state index in [0.29, 0.717) is 24.6 Å². The lowest BCUT2D eigenvalue weighted by Gasteiger charge is -2.32. The van der Waals surface area contributed by atoms with Crippen LogP contribution in [0.1, 0.15) is 11.1 Å². The minimum absolute atomic E-state index is 0.0355. The standard InChI is InChI=1S/C22H23F3N4O3S/c1-28-6-8-29(9-7-28)20(30)13-33-21-16(12-26)17(22(23,24)25)11-18(27-21)15-10-14(31-2)4-5-19(15)32-3/h4-5,10-11H,6-9,13H2,1-3H3. The number of carbonyl (C=O) groups is 1. The number of hydrogen-bond donors (Lipinski definition) is 0. The topological polar surface area (TPSA) is 78.7 Å². The van der Waals surface area contributed by atoms with Crippen molar-refractivity contribution in [3.8, 4) is 28.8 Å². The molecule has 1 aromatic heterocycles. The Morgan fingerprint density at radius 2 is 1.88 bits per heavy atom. The maximum atomic E-state index is 13.8. The summed E-state index contributed by atoms with van der Waals surface area (Å²) >= 11 is 0.826. The monoisotopic (exact) mass is 480 g/mol. The summed E-state index contributed by atoms with van der Waals surface area (Å²) in [7, 11) is 4.78. The van der Waals surface area contributed by atoms with Crippen molar-refractivity contribution in [2.75, 3.05) is 53.2 Å². The number of halogens is 3. The van der Waals surface area contributed by atoms with E-state index in [4.69, 9.17) is 9.47 Å². The smallest absolute Gasteiger partial charge is 0.417 e. The highest BCUT2D eigenvalue weighted by molar-refractivity contribution is 8.00. The van der Waals surface area contributed by atoms with Crippen molar-refractivity contribution < 1.29 is 27.4 Å². The van der Waals surface area contributed by atoms with Gasteiger partial charge < -0.3 is 19.3 Å². The van der Waals surface area contributed by atoms with Crippen LogP contribution in [0.15, 0.2) is 29.3 Å². The lowest BCUT2D eigenvalue weighted by molar-refractivity contribution is -0.138. The molecule has 33 heavy (non-hydrogen) atoms. The number of amides is 1. The fourth-order valence-electron chi connectivity index (χ4n) is 3.39. The van der Waals surface area contributed by atoms with E-state index < -0.39 is 17.3 Å². The highest BCUT2D eigenvalue weighted by atomic mass is 32.2. The number of hydrogen-bond acceptors (Lipinski definition) is 7. The molecule has 0 spiro atoms. The number of nitriles is 1. The Morgan fingerprint density at radius 3 is 2.45 bits per heavy atom. The molecule has 0 aliphatic carbocycles. The molecule has 2 aromatic rings. The average Bonchev–Trinajstić information content (AvgIpc) is 2.81. The lowest BCUT2D eigenvalue weighted by Crippen LogP contribution is -2.47. The van der Waals surface area contributed by atoms with E-state index in [0.717, 1.165) is 30.9 Å². The van der Waals surface area contributed by atoms with Gasteiger partial charge >= 0.3 is 6.18 Å². The van der Waals surface area contributed by atoms with Gasteiger partial charge in [0.1, 0.15) is 22.6 Å². The molecule has 1 aliphatic heterocycles. The molecule has 1 aromatic carbocycles. The SMILES string of the molecule is COc1ccc(OC)c(-c2cc(C(F)(F)F)c(C#N)c(SCC(=O)N3CCN(C)CC3)n2)c1. The summed E-state index contributed by atoms with van der Waals surface area (Å²) in [5, 5.41) is 9.34. The van der Waals surface area contributed by atoms with E-state index in [1.807, 2.05) is 7.05 Å². The van der Waals surface area contributed by atoms with Gasteiger partial charge in [0.15, 0.2) is 0 Å². The minimum atomic E-state index is -4.79. The molecule has 0 bridgehead atoms. The molecule has 0 saturated carbocycles. The summed E-state index contributed by atoms with van der Waals surface area (Å²) in [6.07, 6.45) is -4.79. The Morgan fingerprint density at radius 1 is 1.18 bits per heavy atom. The quantitative estimate of drug-likeness (QED) is 0.586. The van der Waals surface area contributed by atoms with Crippen molar-refractivity contribution in [2.45, 2.75) is 11.2 Å². The van der Waals surface area contributed by atoms with Crippen LogP contribution in [0.2, 0.25) is 0 Å². The van der Waals surface area contributed by atoms with Crippen LogP contribution in [-0.4, -0.2) is 73.9 Å². The average molecular weight is 481 g/mol. The van der Waals surface area contributed by atoms with Crippen molar-refractivity contribution in [3.63, 3.8) is 0 Å². The third-order valence-corrected chi connectivity index (χ3v) is 6.23. The number of nitrogens with zero attached hydrogens (tertiary/aromatic N) is 4. The number of pyridine rings is 1. The molecular weight excluding hydrogens is 457 g/mol. The van der Waals surface area contributed by atoms with Gasteiger partial charge in [-0.2, -0.15) is 18.4 Å². The third-order valence-electron chi connectivity index (χ3n) is 5.27. The fourth-order valence-corrected chi connectivity index (χ4v) is 4.29. The summed E-state index contributed by atoms with van der Waals surface area (Å²) in [6.45, 7) is 2.54. The van der Waals surface area contributed by atoms with E-state index in [1.165, 1.54) is 20.3 Å². The second kappa shape index (κ2) is 10.3. The van der Waals surface area contributed by atoms with Gasteiger partial charge in [-0.3, -0.25) is 4.79 Å². The summed E-state index contributed by atoms with van der Waals surface area (Å²) in [4.78, 5) is 20.7. The van der Waals surface area contributed by atoms with Gasteiger partial charge in [0, 0.05) is 31.7 Å². The van der Waals surface area contributed by atoms with Gasteiger partial charge in [0.25, 0.3) is 0 Å². The number of methoxy groups -OCH3 is 2. The zero-order valence-electron chi connectivity index (χ0n) is 18.4. The number of thioether (sulfide) groups is 1. The first-order valence-corrected chi connectivity index (χ1v) is 11.0. The molecule has 3 rings (SSSR count). The van der Waals surface area contributed by atoms with Crippen LogP contribution in [0.4, 0.5) is 13.2 Å². The summed E-state index contributed by atoms with van der Waals surface area (Å²) in [6, 6.07) is 7.12. The molecule has 0 N–H and O–H groups in total. The summed E-state index contributed by atoms with van der Waals surface area (Å²) in [5.41, 5.74) is -1.48. The van der Waals surface area contributed by atoms with Crippen LogP contribution in [0.5, 0.6) is 11.5 Å². The van der Waals surface area contributed by atoms with E-state index in [2.05, 4.69) is 9.88 Å². The number of alkyl halides is 3. The Hall–Kier alpha value is -2.97. The number of likely N-dealkylation sites (N-methyl/N-ethyl adjacent to an activating group) is 1. The van der Waals surface area contributed by atoms with Gasteiger partial charge in [0.2, 0.25) is 5.91 Å². The predicted octanol–water partition coefficient (Wildman–Crippen LogP) is 3.52. The van der Waals surface area contributed by atoms with Crippen molar-refractivity contribution in [3.05, 3.63) is 35.4 Å². The maximum absolute atomic E-state index is 13.8. The zero-order chi connectivity index (χ0) is 24.2. The number of ether oxygens (including phenoxy) is 2. The van der Waals surface area contributed by atoms with Gasteiger partial charge in [0.05, 0.1) is 36.8 Å². The van der Waals surface area contributed by atoms with Crippen molar-refractivity contribution in [1.29, 1.82) is 5.26 Å². The second-order valence-corrected chi connectivity index (χ2v) is 8.35. The molecule has 176 valence electrons. The van der Waals surface area contributed by atoms with Crippen LogP contribution in [0.25, 0.3) is 11.3 Å². The first kappa shape index (κ1) is 24.7. The van der Waals surface area contributed by atoms with Crippen LogP contribution in [0, 0.1) is 11.3 Å². The van der Waals surface area contributed by atoms with Gasteiger partial charge in [-0.15, -0.1) is 0 Å². The number of piperazine rings is 1. The molecule has 1 aliphatic rings. The molecule has 11 heteroatoms. The van der Waals surface area contributed by atoms with Gasteiger partial charge in [-0.25, -0.2) is 4.98 Å². The maximum Gasteiger partial charge on any atom is 0.417 e. The Kier molecular flexibility index (Phi) is 7.71. The lowest BCUT2D eigenvalue weighted by atomic mass is 10.0. The fraction of sp³-hybridized carbons (Fsp3) is 0.409. The molecule has 7 nitrogen and oxygen atoms in total. The largest absolute Gasteiger partial charge is 0.497 e. The van der Waals surface area contributed by atoms with Crippen molar-refractivity contribution in [1.82, 2.24) is 14.8 Å². The number of carbonyl (C=O) groups excluding carboxylic acids is 1. The molecule has 0 radical (unpaired) electrons. The van der Waals surface area contributed by atoms with E-state index in [9.17, 15) is 23.2 Å². The minimum Gasteiger partial charge on any atom is -0.497 e. The second-order valence-electron chi connectivity index (χ2n) is 7.38. The predicted molar refractivity (Wildman–Crippen MR) is 117 cm³/mol. The number of rotatable bonds is 6. The van der Waals surface area contributed by atoms with E-state index in [1.54, 1.807) is 23.1 Å². The van der Waals surface area contributed by atoms with E-state index in [-0.39, 0.29) is 27.9 Å². The first-order chi connectivity index (χ1) is 15.7. The number of aromatic nitrogens is 1. The normalized spacial score (nSPS) is 14.6. The highest BCUT2D eigenvalue weighted by Gasteiger charge is 2.36. The van der Waals surface area contributed by atoms with Crippen LogP contribution >= 0.6 is 11.8 Å². The van der Waals surface area contributed by atoms with Gasteiger partial charge in [-0.1, -0.05) is 11.8 Å². The Labute approximate surface area is 194 Å². The number of benzene rings is 1. The van der Waals surface area contributed by atoms with Crippen LogP contribution in [-0.2, 0) is 11.0 Å². The van der Waals surface area contributed by atoms with E-state index >= 15 is 0 Å². The Bertz CT molecular complexity index is 1060. The highest BCUT2D eigenvalue weighted by Crippen LogP contribution is 2.40.